The minimum absolute atomic E-state index is 0. The largest absolute Gasteiger partial charge is 0.0776 e. The molecule has 0 aromatic carbocycles. The summed E-state index contributed by atoms with van der Waals surface area (Å²) in [6.45, 7) is 14.2. The van der Waals surface area contributed by atoms with Crippen LogP contribution in [0.2, 0.25) is 0 Å². The van der Waals surface area contributed by atoms with Crippen molar-refractivity contribution in [2.45, 2.75) is 74.7 Å². The second kappa shape index (κ2) is 7.44. The van der Waals surface area contributed by atoms with E-state index in [1.165, 1.54) is 25.7 Å². The minimum atomic E-state index is 0. The lowest BCUT2D eigenvalue weighted by Gasteiger charge is -2.11. The number of hydrogen-bond acceptors (Lipinski definition) is 0. The Bertz CT molecular complexity index is 154. The first-order valence-corrected chi connectivity index (χ1v) is 7.43. The summed E-state index contributed by atoms with van der Waals surface area (Å²) in [5, 5.41) is 0. The van der Waals surface area contributed by atoms with Crippen LogP contribution in [0.15, 0.2) is 0 Å². The molecule has 4 atom stereocenters. The van der Waals surface area contributed by atoms with Crippen molar-refractivity contribution < 1.29 is 0 Å². The molecule has 0 radical (unpaired) electrons. The Labute approximate surface area is 111 Å². The van der Waals surface area contributed by atoms with Gasteiger partial charge in [0.05, 0.1) is 0 Å². The third kappa shape index (κ3) is 4.64. The summed E-state index contributed by atoms with van der Waals surface area (Å²) in [6.07, 6.45) is 5.84. The summed E-state index contributed by atoms with van der Waals surface area (Å²) in [6, 6.07) is 0. The molecule has 104 valence electrons. The van der Waals surface area contributed by atoms with Crippen molar-refractivity contribution in [2.24, 2.45) is 35.5 Å². The van der Waals surface area contributed by atoms with E-state index in [9.17, 15) is 0 Å². The van der Waals surface area contributed by atoms with Gasteiger partial charge in [-0.3, -0.25) is 0 Å². The van der Waals surface area contributed by atoms with Crippen molar-refractivity contribution in [2.75, 3.05) is 0 Å². The first kappa shape index (κ1) is 17.0. The van der Waals surface area contributed by atoms with Gasteiger partial charge in [-0.25, -0.2) is 0 Å². The second-order valence-corrected chi connectivity index (χ2v) is 6.78. The van der Waals surface area contributed by atoms with Crippen LogP contribution in [0.25, 0.3) is 0 Å². The smallest absolute Gasteiger partial charge is 0.0391 e. The summed E-state index contributed by atoms with van der Waals surface area (Å²) in [5.41, 5.74) is 0. The average molecular weight is 240 g/mol. The molecule has 2 rings (SSSR count). The lowest BCUT2D eigenvalue weighted by Crippen LogP contribution is -2.04. The molecule has 0 heteroatoms. The van der Waals surface area contributed by atoms with Crippen LogP contribution in [0.1, 0.15) is 74.7 Å². The fraction of sp³-hybridized carbons (Fsp3) is 1.00. The monoisotopic (exact) mass is 240 g/mol. The van der Waals surface area contributed by atoms with Gasteiger partial charge in [-0.15, -0.1) is 0 Å². The Hall–Kier alpha value is 0. The van der Waals surface area contributed by atoms with Gasteiger partial charge in [-0.2, -0.15) is 0 Å². The topological polar surface area (TPSA) is 0 Å². The summed E-state index contributed by atoms with van der Waals surface area (Å²) in [4.78, 5) is 0. The van der Waals surface area contributed by atoms with Crippen LogP contribution in [-0.4, -0.2) is 0 Å². The van der Waals surface area contributed by atoms with Crippen molar-refractivity contribution in [3.05, 3.63) is 0 Å². The highest BCUT2D eigenvalue weighted by Gasteiger charge is 2.26. The normalized spacial score (nSPS) is 44.8. The standard InChI is InChI=1S/2C8H16.CH4/c2*1-6-4-5-7(2)8(6)3;/h2*6-8H,4-5H2,1-3H3;1H4. The zero-order valence-electron chi connectivity index (χ0n) is 12.3. The molecule has 0 saturated heterocycles. The Morgan fingerprint density at radius 1 is 0.471 bits per heavy atom. The maximum Gasteiger partial charge on any atom is -0.0391 e. The molecule has 2 aliphatic rings. The minimum Gasteiger partial charge on any atom is -0.0776 e. The van der Waals surface area contributed by atoms with Gasteiger partial charge in [0.2, 0.25) is 0 Å². The van der Waals surface area contributed by atoms with Crippen LogP contribution in [-0.2, 0) is 0 Å². The van der Waals surface area contributed by atoms with Crippen molar-refractivity contribution in [1.29, 1.82) is 0 Å². The van der Waals surface area contributed by atoms with E-state index < -0.39 is 0 Å². The Kier molecular flexibility index (Phi) is 7.44. The van der Waals surface area contributed by atoms with Crippen LogP contribution >= 0.6 is 0 Å². The van der Waals surface area contributed by atoms with Crippen LogP contribution in [0.4, 0.5) is 0 Å². The van der Waals surface area contributed by atoms with E-state index in [0.29, 0.717) is 0 Å². The molecule has 0 N–H and O–H groups in total. The lowest BCUT2D eigenvalue weighted by molar-refractivity contribution is 0.380. The maximum absolute atomic E-state index is 2.38. The van der Waals surface area contributed by atoms with Gasteiger partial charge in [0.15, 0.2) is 0 Å². The van der Waals surface area contributed by atoms with Crippen molar-refractivity contribution in [3.63, 3.8) is 0 Å². The van der Waals surface area contributed by atoms with Gasteiger partial charge in [0, 0.05) is 0 Å². The zero-order chi connectivity index (χ0) is 12.3. The van der Waals surface area contributed by atoms with Gasteiger partial charge >= 0.3 is 0 Å². The SMILES string of the molecule is C.CC1CCC(C)C1C.CC1CCC(C)C1C. The van der Waals surface area contributed by atoms with Gasteiger partial charge < -0.3 is 0 Å². The van der Waals surface area contributed by atoms with Gasteiger partial charge in [0.25, 0.3) is 0 Å². The van der Waals surface area contributed by atoms with Crippen LogP contribution in [0.5, 0.6) is 0 Å². The molecule has 4 unspecified atom stereocenters. The van der Waals surface area contributed by atoms with Gasteiger partial charge in [-0.05, 0) is 35.5 Å². The van der Waals surface area contributed by atoms with E-state index in [1.807, 2.05) is 0 Å². The lowest BCUT2D eigenvalue weighted by atomic mass is 9.94. The molecule has 0 spiro atoms. The number of hydrogen-bond donors (Lipinski definition) is 0. The quantitative estimate of drug-likeness (QED) is 0.486. The molecule has 0 amide bonds. The predicted molar refractivity (Wildman–Crippen MR) is 80.2 cm³/mol. The van der Waals surface area contributed by atoms with E-state index in [1.54, 1.807) is 0 Å². The fourth-order valence-electron chi connectivity index (χ4n) is 3.22. The van der Waals surface area contributed by atoms with Crippen LogP contribution in [0, 0.1) is 35.5 Å². The van der Waals surface area contributed by atoms with Crippen LogP contribution in [0.3, 0.4) is 0 Å². The third-order valence-electron chi connectivity index (χ3n) is 5.74. The molecule has 0 aliphatic heterocycles. The van der Waals surface area contributed by atoms with E-state index in [2.05, 4.69) is 41.5 Å². The van der Waals surface area contributed by atoms with Crippen LogP contribution < -0.4 is 0 Å². The molecule has 2 aliphatic carbocycles. The average Bonchev–Trinajstić information content (AvgIpc) is 2.70. The van der Waals surface area contributed by atoms with E-state index >= 15 is 0 Å². The Morgan fingerprint density at radius 3 is 0.706 bits per heavy atom. The Morgan fingerprint density at radius 2 is 0.647 bits per heavy atom. The summed E-state index contributed by atoms with van der Waals surface area (Å²) in [5.74, 6) is 5.93. The summed E-state index contributed by atoms with van der Waals surface area (Å²) in [7, 11) is 0. The summed E-state index contributed by atoms with van der Waals surface area (Å²) >= 11 is 0. The van der Waals surface area contributed by atoms with Gasteiger partial charge in [-0.1, -0.05) is 74.7 Å². The fourth-order valence-corrected chi connectivity index (χ4v) is 3.22. The molecule has 17 heavy (non-hydrogen) atoms. The molecule has 0 nitrogen and oxygen atoms in total. The highest BCUT2D eigenvalue weighted by Crippen LogP contribution is 2.36. The predicted octanol–water partition coefficient (Wildman–Crippen LogP) is 6.01. The van der Waals surface area contributed by atoms with E-state index in [-0.39, 0.29) is 7.43 Å². The first-order valence-electron chi connectivity index (χ1n) is 7.43. The second-order valence-electron chi connectivity index (χ2n) is 6.78. The molecule has 2 fully saturated rings. The molecule has 0 bridgehead atoms. The molecular formula is C17H36. The summed E-state index contributed by atoms with van der Waals surface area (Å²) < 4.78 is 0. The van der Waals surface area contributed by atoms with Crippen molar-refractivity contribution in [3.8, 4) is 0 Å². The Balaban J connectivity index is 0.000000284. The molecular weight excluding hydrogens is 204 g/mol. The zero-order valence-corrected chi connectivity index (χ0v) is 12.3. The van der Waals surface area contributed by atoms with Crippen molar-refractivity contribution in [1.82, 2.24) is 0 Å². The van der Waals surface area contributed by atoms with E-state index in [0.717, 1.165) is 35.5 Å². The third-order valence-corrected chi connectivity index (χ3v) is 5.74. The first-order chi connectivity index (χ1) is 7.43. The number of rotatable bonds is 0. The molecule has 0 aromatic heterocycles. The van der Waals surface area contributed by atoms with E-state index in [4.69, 9.17) is 0 Å². The maximum atomic E-state index is 2.38. The highest BCUT2D eigenvalue weighted by atomic mass is 14.3. The molecule has 2 saturated carbocycles. The van der Waals surface area contributed by atoms with Gasteiger partial charge in [0.1, 0.15) is 0 Å². The molecule has 0 heterocycles. The molecule has 0 aromatic rings. The van der Waals surface area contributed by atoms with Crippen molar-refractivity contribution >= 4 is 0 Å². The highest BCUT2D eigenvalue weighted by molar-refractivity contribution is 4.76.